The molecule has 1 aromatic heterocycles. The van der Waals surface area contributed by atoms with Gasteiger partial charge in [0.2, 0.25) is 0 Å². The minimum absolute atomic E-state index is 0.255. The van der Waals surface area contributed by atoms with Crippen molar-refractivity contribution in [2.24, 2.45) is 5.92 Å². The molecule has 7 heteroatoms. The van der Waals surface area contributed by atoms with Crippen molar-refractivity contribution in [3.8, 4) is 0 Å². The van der Waals surface area contributed by atoms with Crippen LogP contribution >= 0.6 is 0 Å². The van der Waals surface area contributed by atoms with Gasteiger partial charge in [-0.3, -0.25) is 4.79 Å². The summed E-state index contributed by atoms with van der Waals surface area (Å²) >= 11 is 0. The van der Waals surface area contributed by atoms with Gasteiger partial charge in [0, 0.05) is 12.7 Å². The minimum Gasteiger partial charge on any atom is -0.480 e. The molecule has 0 aromatic carbocycles. The van der Waals surface area contributed by atoms with E-state index in [1.807, 2.05) is 0 Å². The fourth-order valence-electron chi connectivity index (χ4n) is 1.76. The number of nitrogens with zero attached hydrogens (tertiary/aromatic N) is 2. The molecular weight excluding hydrogens is 261 g/mol. The second-order valence-electron chi connectivity index (χ2n) is 4.62. The van der Waals surface area contributed by atoms with Gasteiger partial charge < -0.3 is 10.0 Å². The minimum atomic E-state index is -4.43. The van der Waals surface area contributed by atoms with Crippen molar-refractivity contribution in [1.82, 2.24) is 4.98 Å². The lowest BCUT2D eigenvalue weighted by molar-refractivity contribution is -0.138. The predicted octanol–water partition coefficient (Wildman–Crippen LogP) is 2.40. The number of aromatic nitrogens is 1. The Balaban J connectivity index is 2.13. The highest BCUT2D eigenvalue weighted by atomic mass is 19.4. The van der Waals surface area contributed by atoms with Crippen molar-refractivity contribution in [2.45, 2.75) is 19.0 Å². The van der Waals surface area contributed by atoms with Crippen LogP contribution in [0, 0.1) is 5.92 Å². The average molecular weight is 274 g/mol. The first-order valence-corrected chi connectivity index (χ1v) is 5.86. The van der Waals surface area contributed by atoms with Crippen LogP contribution in [-0.4, -0.2) is 29.1 Å². The van der Waals surface area contributed by atoms with Gasteiger partial charge in [0.05, 0.1) is 5.56 Å². The number of carboxylic acids is 1. The van der Waals surface area contributed by atoms with Crippen molar-refractivity contribution in [3.05, 3.63) is 23.9 Å². The molecule has 19 heavy (non-hydrogen) atoms. The van der Waals surface area contributed by atoms with Crippen LogP contribution in [0.1, 0.15) is 18.4 Å². The molecule has 1 aliphatic carbocycles. The molecule has 1 aromatic rings. The molecular formula is C12H13F3N2O2. The zero-order chi connectivity index (χ0) is 14.0. The fourth-order valence-corrected chi connectivity index (χ4v) is 1.76. The van der Waals surface area contributed by atoms with Crippen LogP contribution in [0.5, 0.6) is 0 Å². The van der Waals surface area contributed by atoms with Gasteiger partial charge in [-0.05, 0) is 30.9 Å². The predicted molar refractivity (Wildman–Crippen MR) is 61.8 cm³/mol. The highest BCUT2D eigenvalue weighted by Crippen LogP contribution is 2.32. The number of hydrogen-bond acceptors (Lipinski definition) is 3. The summed E-state index contributed by atoms with van der Waals surface area (Å²) in [5, 5.41) is 8.81. The topological polar surface area (TPSA) is 53.4 Å². The first-order valence-electron chi connectivity index (χ1n) is 5.86. The largest absolute Gasteiger partial charge is 0.480 e. The normalized spacial score (nSPS) is 15.3. The Morgan fingerprint density at radius 1 is 1.42 bits per heavy atom. The molecule has 0 bridgehead atoms. The maximum Gasteiger partial charge on any atom is 0.417 e. The van der Waals surface area contributed by atoms with Gasteiger partial charge in [0.25, 0.3) is 0 Å². The molecule has 0 amide bonds. The summed E-state index contributed by atoms with van der Waals surface area (Å²) in [6.07, 6.45) is -1.65. The van der Waals surface area contributed by atoms with Crippen LogP contribution < -0.4 is 4.90 Å². The van der Waals surface area contributed by atoms with Crippen molar-refractivity contribution >= 4 is 11.8 Å². The molecule has 2 rings (SSSR count). The van der Waals surface area contributed by atoms with Crippen molar-refractivity contribution in [1.29, 1.82) is 0 Å². The average Bonchev–Trinajstić information content (AvgIpc) is 3.10. The van der Waals surface area contributed by atoms with E-state index in [0.717, 1.165) is 25.1 Å². The van der Waals surface area contributed by atoms with E-state index in [1.165, 1.54) is 11.0 Å². The molecule has 1 saturated carbocycles. The molecule has 0 spiro atoms. The standard InChI is InChI=1S/C12H13F3N2O2/c13-12(14,15)9-3-4-10(16-5-9)17(7-11(18)19)6-8-1-2-8/h3-5,8H,1-2,6-7H2,(H,18,19). The van der Waals surface area contributed by atoms with Crippen LogP contribution in [0.25, 0.3) is 0 Å². The van der Waals surface area contributed by atoms with E-state index >= 15 is 0 Å². The number of hydrogen-bond donors (Lipinski definition) is 1. The van der Waals surface area contributed by atoms with E-state index in [0.29, 0.717) is 12.5 Å². The molecule has 1 aliphatic rings. The molecule has 0 unspecified atom stereocenters. The Bertz CT molecular complexity index is 455. The number of alkyl halides is 3. The number of carbonyl (C=O) groups is 1. The zero-order valence-corrected chi connectivity index (χ0v) is 10.0. The van der Waals surface area contributed by atoms with Crippen LogP contribution in [0.4, 0.5) is 19.0 Å². The second-order valence-corrected chi connectivity index (χ2v) is 4.62. The summed E-state index contributed by atoms with van der Waals surface area (Å²) in [5.74, 6) is -0.340. The molecule has 0 atom stereocenters. The van der Waals surface area contributed by atoms with E-state index < -0.39 is 17.7 Å². The third-order valence-corrected chi connectivity index (χ3v) is 2.90. The highest BCUT2D eigenvalue weighted by molar-refractivity contribution is 5.73. The summed E-state index contributed by atoms with van der Waals surface area (Å²) in [5.41, 5.74) is -0.835. The first kappa shape index (κ1) is 13.6. The lowest BCUT2D eigenvalue weighted by atomic mass is 10.2. The lowest BCUT2D eigenvalue weighted by Gasteiger charge is -2.21. The van der Waals surface area contributed by atoms with Gasteiger partial charge in [0.1, 0.15) is 12.4 Å². The van der Waals surface area contributed by atoms with Gasteiger partial charge in [-0.2, -0.15) is 13.2 Å². The molecule has 1 N–H and O–H groups in total. The van der Waals surface area contributed by atoms with E-state index in [9.17, 15) is 18.0 Å². The molecule has 0 saturated heterocycles. The number of aliphatic carboxylic acids is 1. The quantitative estimate of drug-likeness (QED) is 0.895. The van der Waals surface area contributed by atoms with Gasteiger partial charge >= 0.3 is 12.1 Å². The van der Waals surface area contributed by atoms with E-state index in [2.05, 4.69) is 4.98 Å². The van der Waals surface area contributed by atoms with Crippen LogP contribution in [0.2, 0.25) is 0 Å². The van der Waals surface area contributed by atoms with Crippen LogP contribution in [0.3, 0.4) is 0 Å². The first-order chi connectivity index (χ1) is 8.86. The number of anilines is 1. The smallest absolute Gasteiger partial charge is 0.417 e. The Labute approximate surface area is 107 Å². The van der Waals surface area contributed by atoms with Crippen LogP contribution in [-0.2, 0) is 11.0 Å². The number of rotatable bonds is 5. The Morgan fingerprint density at radius 3 is 2.53 bits per heavy atom. The summed E-state index contributed by atoms with van der Waals surface area (Å²) in [7, 11) is 0. The number of pyridine rings is 1. The number of halogens is 3. The Hall–Kier alpha value is -1.79. The third kappa shape index (κ3) is 3.84. The fraction of sp³-hybridized carbons (Fsp3) is 0.500. The van der Waals surface area contributed by atoms with Gasteiger partial charge in [-0.15, -0.1) is 0 Å². The molecule has 1 heterocycles. The SMILES string of the molecule is O=C(O)CN(CC1CC1)c1ccc(C(F)(F)F)cn1. The van der Waals surface area contributed by atoms with Crippen LogP contribution in [0.15, 0.2) is 18.3 Å². The number of carboxylic acid groups (broad SMARTS) is 1. The maximum atomic E-state index is 12.4. The molecule has 4 nitrogen and oxygen atoms in total. The Morgan fingerprint density at radius 2 is 2.11 bits per heavy atom. The second kappa shape index (κ2) is 5.07. The van der Waals surface area contributed by atoms with Gasteiger partial charge in [0.15, 0.2) is 0 Å². The van der Waals surface area contributed by atoms with E-state index in [1.54, 1.807) is 0 Å². The summed E-state index contributed by atoms with van der Waals surface area (Å²) in [4.78, 5) is 16.0. The Kier molecular flexibility index (Phi) is 3.64. The molecule has 1 fully saturated rings. The van der Waals surface area contributed by atoms with Crippen molar-refractivity contribution in [2.75, 3.05) is 18.0 Å². The van der Waals surface area contributed by atoms with Gasteiger partial charge in [-0.1, -0.05) is 0 Å². The van der Waals surface area contributed by atoms with Gasteiger partial charge in [-0.25, -0.2) is 4.98 Å². The maximum absolute atomic E-state index is 12.4. The van der Waals surface area contributed by atoms with E-state index in [-0.39, 0.29) is 12.4 Å². The zero-order valence-electron chi connectivity index (χ0n) is 10.0. The summed E-state index contributed by atoms with van der Waals surface area (Å²) < 4.78 is 37.2. The molecule has 0 radical (unpaired) electrons. The molecule has 104 valence electrons. The lowest BCUT2D eigenvalue weighted by Crippen LogP contribution is -2.32. The van der Waals surface area contributed by atoms with E-state index in [4.69, 9.17) is 5.11 Å². The third-order valence-electron chi connectivity index (χ3n) is 2.90. The van der Waals surface area contributed by atoms with Crippen molar-refractivity contribution < 1.29 is 23.1 Å². The summed E-state index contributed by atoms with van der Waals surface area (Å²) in [6, 6.07) is 2.14. The summed E-state index contributed by atoms with van der Waals surface area (Å²) in [6.45, 7) is 0.263. The molecule has 0 aliphatic heterocycles. The van der Waals surface area contributed by atoms with Crippen molar-refractivity contribution in [3.63, 3.8) is 0 Å². The highest BCUT2D eigenvalue weighted by Gasteiger charge is 2.31. The monoisotopic (exact) mass is 274 g/mol.